The smallest absolute Gasteiger partial charge is 0.101 e. The molecule has 21 heavy (non-hydrogen) atoms. The number of nitrogens with zero attached hydrogens (tertiary/aromatic N) is 1. The zero-order valence-electron chi connectivity index (χ0n) is 11.4. The third kappa shape index (κ3) is 4.59. The first-order valence-electron chi connectivity index (χ1n) is 6.52. The molecule has 0 bridgehead atoms. The van der Waals surface area contributed by atoms with Gasteiger partial charge in [-0.1, -0.05) is 48.0 Å². The van der Waals surface area contributed by atoms with E-state index in [0.717, 1.165) is 5.56 Å². The molecule has 0 aliphatic rings. The van der Waals surface area contributed by atoms with Crippen molar-refractivity contribution in [1.82, 2.24) is 0 Å². The molecule has 0 fully saturated rings. The molecular weight excluding hydrogens is 304 g/mol. The van der Waals surface area contributed by atoms with Gasteiger partial charge in [-0.05, 0) is 17.7 Å². The summed E-state index contributed by atoms with van der Waals surface area (Å²) in [5.41, 5.74) is 2.17. The van der Waals surface area contributed by atoms with Crippen LogP contribution in [0.5, 0.6) is 0 Å². The summed E-state index contributed by atoms with van der Waals surface area (Å²) in [7, 11) is -0.948. The number of hydrogen-bond donors (Lipinski definition) is 1. The Morgan fingerprint density at radius 1 is 1.14 bits per heavy atom. The predicted octanol–water partition coefficient (Wildman–Crippen LogP) is 3.57. The lowest BCUT2D eigenvalue weighted by atomic mass is 10.2. The minimum absolute atomic E-state index is 0.497. The molecule has 0 saturated heterocycles. The van der Waals surface area contributed by atoms with E-state index in [1.165, 1.54) is 0 Å². The fourth-order valence-corrected chi connectivity index (χ4v) is 3.20. The van der Waals surface area contributed by atoms with Gasteiger partial charge in [0.1, 0.15) is 6.07 Å². The van der Waals surface area contributed by atoms with Crippen LogP contribution < -0.4 is 5.32 Å². The van der Waals surface area contributed by atoms with Gasteiger partial charge in [0.25, 0.3) is 0 Å². The number of nitrogens with one attached hydrogen (secondary N) is 1. The van der Waals surface area contributed by atoms with Gasteiger partial charge in [0.15, 0.2) is 0 Å². The predicted molar refractivity (Wildman–Crippen MR) is 87.8 cm³/mol. The Labute approximate surface area is 132 Å². The summed E-state index contributed by atoms with van der Waals surface area (Å²) in [6.45, 7) is 0.512. The summed E-state index contributed by atoms with van der Waals surface area (Å²) in [6, 6.07) is 17.0. The van der Waals surface area contributed by atoms with Crippen molar-refractivity contribution >= 4 is 28.1 Å². The van der Waals surface area contributed by atoms with Crippen molar-refractivity contribution in [1.29, 1.82) is 5.26 Å². The van der Waals surface area contributed by atoms with Crippen LogP contribution in [0.4, 0.5) is 5.69 Å². The Hall–Kier alpha value is -1.83. The van der Waals surface area contributed by atoms with E-state index in [0.29, 0.717) is 34.3 Å². The first-order valence-corrected chi connectivity index (χ1v) is 8.38. The summed E-state index contributed by atoms with van der Waals surface area (Å²) in [5, 5.41) is 12.6. The van der Waals surface area contributed by atoms with Crippen LogP contribution in [0.3, 0.4) is 0 Å². The van der Waals surface area contributed by atoms with E-state index in [4.69, 9.17) is 16.9 Å². The van der Waals surface area contributed by atoms with Gasteiger partial charge in [0.05, 0.1) is 16.3 Å². The average molecular weight is 319 g/mol. The van der Waals surface area contributed by atoms with E-state index in [9.17, 15) is 4.21 Å². The van der Waals surface area contributed by atoms with Gasteiger partial charge in [-0.25, -0.2) is 0 Å². The lowest BCUT2D eigenvalue weighted by Crippen LogP contribution is -2.13. The summed E-state index contributed by atoms with van der Waals surface area (Å²) in [4.78, 5) is 0. The second-order valence-electron chi connectivity index (χ2n) is 4.47. The lowest BCUT2D eigenvalue weighted by molar-refractivity contribution is 0.682. The maximum absolute atomic E-state index is 12.0. The van der Waals surface area contributed by atoms with E-state index in [1.54, 1.807) is 18.2 Å². The number of nitriles is 1. The first-order chi connectivity index (χ1) is 10.2. The molecule has 0 saturated carbocycles. The van der Waals surface area contributed by atoms with E-state index in [2.05, 4.69) is 11.4 Å². The van der Waals surface area contributed by atoms with Gasteiger partial charge in [-0.15, -0.1) is 0 Å². The number of rotatable bonds is 6. The van der Waals surface area contributed by atoms with Crippen molar-refractivity contribution in [3.8, 4) is 6.07 Å². The molecule has 3 nitrogen and oxygen atoms in total. The maximum atomic E-state index is 12.0. The van der Waals surface area contributed by atoms with Crippen molar-refractivity contribution in [2.45, 2.75) is 5.75 Å². The van der Waals surface area contributed by atoms with Crippen LogP contribution in [-0.4, -0.2) is 16.5 Å². The Morgan fingerprint density at radius 3 is 2.62 bits per heavy atom. The highest BCUT2D eigenvalue weighted by Crippen LogP contribution is 2.25. The van der Waals surface area contributed by atoms with Gasteiger partial charge in [0.2, 0.25) is 0 Å². The normalized spacial score (nSPS) is 11.6. The molecule has 2 aromatic rings. The summed E-state index contributed by atoms with van der Waals surface area (Å²) >= 11 is 6.06. The number of hydrogen-bond acceptors (Lipinski definition) is 3. The van der Waals surface area contributed by atoms with Crippen molar-refractivity contribution in [2.75, 3.05) is 17.6 Å². The van der Waals surface area contributed by atoms with Crippen molar-refractivity contribution in [3.05, 3.63) is 64.7 Å². The molecular formula is C16H15ClN2OS. The molecule has 1 N–H and O–H groups in total. The molecule has 1 unspecified atom stereocenters. The van der Waals surface area contributed by atoms with E-state index in [1.807, 2.05) is 30.3 Å². The zero-order chi connectivity index (χ0) is 15.1. The van der Waals surface area contributed by atoms with Crippen LogP contribution in [0, 0.1) is 11.3 Å². The summed E-state index contributed by atoms with van der Waals surface area (Å²) in [5.74, 6) is 1.04. The molecule has 0 spiro atoms. The molecule has 0 heterocycles. The van der Waals surface area contributed by atoms with Gasteiger partial charge in [0, 0.05) is 28.9 Å². The molecule has 0 aliphatic heterocycles. The van der Waals surface area contributed by atoms with Crippen LogP contribution in [0.2, 0.25) is 5.02 Å². The Bertz CT molecular complexity index is 668. The molecule has 0 amide bonds. The Balaban J connectivity index is 1.88. The van der Waals surface area contributed by atoms with Gasteiger partial charge >= 0.3 is 0 Å². The molecule has 5 heteroatoms. The van der Waals surface area contributed by atoms with Gasteiger partial charge in [-0.2, -0.15) is 5.26 Å². The average Bonchev–Trinajstić information content (AvgIpc) is 2.49. The van der Waals surface area contributed by atoms with Crippen molar-refractivity contribution in [2.24, 2.45) is 0 Å². The molecule has 2 rings (SSSR count). The molecule has 2 aromatic carbocycles. The molecule has 1 atom stereocenters. The molecule has 0 aliphatic carbocycles. The van der Waals surface area contributed by atoms with Gasteiger partial charge in [-0.3, -0.25) is 4.21 Å². The van der Waals surface area contributed by atoms with E-state index in [-0.39, 0.29) is 0 Å². The van der Waals surface area contributed by atoms with Crippen LogP contribution in [0.15, 0.2) is 48.5 Å². The number of benzene rings is 2. The minimum Gasteiger partial charge on any atom is -0.382 e. The van der Waals surface area contributed by atoms with E-state index < -0.39 is 10.8 Å². The monoisotopic (exact) mass is 318 g/mol. The van der Waals surface area contributed by atoms with Crippen LogP contribution in [0.25, 0.3) is 0 Å². The highest BCUT2D eigenvalue weighted by atomic mass is 35.5. The third-order valence-electron chi connectivity index (χ3n) is 2.94. The highest BCUT2D eigenvalue weighted by Gasteiger charge is 2.07. The van der Waals surface area contributed by atoms with E-state index >= 15 is 0 Å². The quantitative estimate of drug-likeness (QED) is 0.885. The Kier molecular flexibility index (Phi) is 5.79. The fraction of sp³-hybridized carbons (Fsp3) is 0.188. The standard InChI is InChI=1S/C16H15ClN2OS/c17-15-8-4-7-14(11-18)16(15)19-9-10-21(20)12-13-5-2-1-3-6-13/h1-8,19H,9-10,12H2. The lowest BCUT2D eigenvalue weighted by Gasteiger charge is -2.10. The van der Waals surface area contributed by atoms with Crippen LogP contribution >= 0.6 is 11.6 Å². The largest absolute Gasteiger partial charge is 0.382 e. The summed E-state index contributed by atoms with van der Waals surface area (Å²) < 4.78 is 12.0. The molecule has 0 radical (unpaired) electrons. The third-order valence-corrected chi connectivity index (χ3v) is 4.57. The van der Waals surface area contributed by atoms with Crippen LogP contribution in [0.1, 0.15) is 11.1 Å². The first kappa shape index (κ1) is 15.6. The zero-order valence-corrected chi connectivity index (χ0v) is 13.0. The maximum Gasteiger partial charge on any atom is 0.101 e. The SMILES string of the molecule is N#Cc1cccc(Cl)c1NCCS(=O)Cc1ccccc1. The number of para-hydroxylation sites is 1. The topological polar surface area (TPSA) is 52.9 Å². The number of anilines is 1. The minimum atomic E-state index is -0.948. The summed E-state index contributed by atoms with van der Waals surface area (Å²) in [6.07, 6.45) is 0. The second kappa shape index (κ2) is 7.82. The van der Waals surface area contributed by atoms with Crippen molar-refractivity contribution < 1.29 is 4.21 Å². The van der Waals surface area contributed by atoms with Crippen molar-refractivity contribution in [3.63, 3.8) is 0 Å². The second-order valence-corrected chi connectivity index (χ2v) is 6.46. The van der Waals surface area contributed by atoms with Crippen LogP contribution in [-0.2, 0) is 16.6 Å². The fourth-order valence-electron chi connectivity index (χ4n) is 1.92. The number of halogens is 1. The molecule has 0 aromatic heterocycles. The Morgan fingerprint density at radius 2 is 1.90 bits per heavy atom. The highest BCUT2D eigenvalue weighted by molar-refractivity contribution is 7.84. The molecule has 108 valence electrons. The van der Waals surface area contributed by atoms with Gasteiger partial charge < -0.3 is 5.32 Å².